The Morgan fingerprint density at radius 3 is 2.77 bits per heavy atom. The molecule has 1 aliphatic rings. The molecule has 0 aliphatic carbocycles. The first kappa shape index (κ1) is 21.6. The van der Waals surface area contributed by atoms with Crippen LogP contribution in [-0.2, 0) is 20.6 Å². The fourth-order valence-corrected chi connectivity index (χ4v) is 5.66. The summed E-state index contributed by atoms with van der Waals surface area (Å²) in [6, 6.07) is 15.2. The van der Waals surface area contributed by atoms with E-state index in [0.29, 0.717) is 16.6 Å². The lowest BCUT2D eigenvalue weighted by atomic mass is 10.1. The number of nitrogens with one attached hydrogen (secondary N) is 1. The zero-order valence-corrected chi connectivity index (χ0v) is 19.3. The van der Waals surface area contributed by atoms with Crippen LogP contribution in [0.5, 0.6) is 5.75 Å². The number of aromatic nitrogens is 2. The van der Waals surface area contributed by atoms with E-state index in [9.17, 15) is 13.2 Å². The molecule has 1 atom stereocenters. The van der Waals surface area contributed by atoms with Gasteiger partial charge in [0.15, 0.2) is 10.4 Å². The van der Waals surface area contributed by atoms with Crippen LogP contribution in [0.3, 0.4) is 0 Å². The average molecular weight is 477 g/mol. The summed E-state index contributed by atoms with van der Waals surface area (Å²) in [5.41, 5.74) is 2.49. The van der Waals surface area contributed by atoms with E-state index in [0.717, 1.165) is 21.9 Å². The second-order valence-corrected chi connectivity index (χ2v) is 11.1. The number of ether oxygens (including phenoxy) is 1. The lowest BCUT2D eigenvalue weighted by molar-refractivity contribution is -0.122. The minimum absolute atomic E-state index is 0.116. The predicted molar refractivity (Wildman–Crippen MR) is 122 cm³/mol. The molecule has 0 bridgehead atoms. The summed E-state index contributed by atoms with van der Waals surface area (Å²) in [6.07, 6.45) is 0.103. The van der Waals surface area contributed by atoms with E-state index in [1.807, 2.05) is 37.3 Å². The minimum atomic E-state index is -3.58. The topological polar surface area (TPSA) is 101 Å². The molecule has 162 valence electrons. The van der Waals surface area contributed by atoms with Gasteiger partial charge in [-0.05, 0) is 30.2 Å². The van der Waals surface area contributed by atoms with Crippen LogP contribution in [0.15, 0.2) is 52.9 Å². The second kappa shape index (κ2) is 8.85. The Labute approximate surface area is 188 Å². The molecule has 0 saturated carbocycles. The Morgan fingerprint density at radius 2 is 2.03 bits per heavy atom. The van der Waals surface area contributed by atoms with E-state index in [2.05, 4.69) is 15.5 Å². The standard InChI is InChI=1S/C20H20N4O4S3/c1-13-8-9-15-16(10-13)28-17(11-24(15)31(2,26)27)18(25)21-19-22-23-20(30-19)29-12-14-6-4-3-5-7-14/h3-10,17H,11-12H2,1-2H3,(H,21,22,25)/t17-/m1/s1. The third kappa shape index (κ3) is 5.17. The van der Waals surface area contributed by atoms with E-state index in [1.165, 1.54) is 33.0 Å². The van der Waals surface area contributed by atoms with Crippen molar-refractivity contribution >= 4 is 49.8 Å². The van der Waals surface area contributed by atoms with Crippen LogP contribution in [0.4, 0.5) is 10.8 Å². The highest BCUT2D eigenvalue weighted by Crippen LogP contribution is 2.36. The van der Waals surface area contributed by atoms with Gasteiger partial charge in [-0.2, -0.15) is 0 Å². The van der Waals surface area contributed by atoms with Gasteiger partial charge in [0.05, 0.1) is 18.5 Å². The molecule has 0 spiro atoms. The molecule has 11 heteroatoms. The van der Waals surface area contributed by atoms with E-state index in [-0.39, 0.29) is 6.54 Å². The third-order valence-electron chi connectivity index (χ3n) is 4.52. The lowest BCUT2D eigenvalue weighted by Crippen LogP contribution is -2.48. The number of hydrogen-bond donors (Lipinski definition) is 1. The van der Waals surface area contributed by atoms with Crippen molar-refractivity contribution in [2.24, 2.45) is 0 Å². The highest BCUT2D eigenvalue weighted by atomic mass is 32.2. The molecule has 0 unspecified atom stereocenters. The van der Waals surface area contributed by atoms with Gasteiger partial charge in [-0.25, -0.2) is 8.42 Å². The number of carbonyl (C=O) groups is 1. The molecule has 2 heterocycles. The molecule has 1 amide bonds. The zero-order chi connectivity index (χ0) is 22.0. The van der Waals surface area contributed by atoms with Crippen molar-refractivity contribution in [3.8, 4) is 5.75 Å². The maximum absolute atomic E-state index is 12.8. The summed E-state index contributed by atoms with van der Waals surface area (Å²) in [4.78, 5) is 12.8. The SMILES string of the molecule is Cc1ccc2c(c1)O[C@@H](C(=O)Nc1nnc(SCc3ccccc3)s1)CN2S(C)(=O)=O. The molecule has 31 heavy (non-hydrogen) atoms. The maximum Gasteiger partial charge on any atom is 0.269 e. The van der Waals surface area contributed by atoms with Crippen molar-refractivity contribution < 1.29 is 17.9 Å². The van der Waals surface area contributed by atoms with E-state index in [4.69, 9.17) is 4.74 Å². The van der Waals surface area contributed by atoms with E-state index < -0.39 is 22.0 Å². The van der Waals surface area contributed by atoms with Crippen molar-refractivity contribution in [2.45, 2.75) is 23.1 Å². The average Bonchev–Trinajstić information content (AvgIpc) is 3.18. The van der Waals surface area contributed by atoms with Crippen LogP contribution in [0, 0.1) is 6.92 Å². The van der Waals surface area contributed by atoms with E-state index in [1.54, 1.807) is 18.2 Å². The summed E-state index contributed by atoms with van der Waals surface area (Å²) >= 11 is 2.79. The Morgan fingerprint density at radius 1 is 1.26 bits per heavy atom. The smallest absolute Gasteiger partial charge is 0.269 e. The van der Waals surface area contributed by atoms with Gasteiger partial charge in [0.2, 0.25) is 15.2 Å². The van der Waals surface area contributed by atoms with Gasteiger partial charge >= 0.3 is 0 Å². The van der Waals surface area contributed by atoms with Crippen LogP contribution in [0.2, 0.25) is 0 Å². The number of rotatable bonds is 6. The normalized spacial score (nSPS) is 15.8. The third-order valence-corrected chi connectivity index (χ3v) is 7.71. The van der Waals surface area contributed by atoms with Crippen molar-refractivity contribution in [3.63, 3.8) is 0 Å². The molecule has 1 aromatic heterocycles. The number of aryl methyl sites for hydroxylation is 1. The highest BCUT2D eigenvalue weighted by Gasteiger charge is 2.35. The Balaban J connectivity index is 1.44. The number of amides is 1. The number of sulfonamides is 1. The first-order valence-electron chi connectivity index (χ1n) is 9.36. The van der Waals surface area contributed by atoms with Crippen LogP contribution in [0.1, 0.15) is 11.1 Å². The van der Waals surface area contributed by atoms with Crippen LogP contribution in [0.25, 0.3) is 0 Å². The van der Waals surface area contributed by atoms with Crippen molar-refractivity contribution in [3.05, 3.63) is 59.7 Å². The molecule has 1 aliphatic heterocycles. The summed E-state index contributed by atoms with van der Waals surface area (Å²) in [5.74, 6) is 0.624. The van der Waals surface area contributed by atoms with Gasteiger partial charge in [-0.3, -0.25) is 14.4 Å². The van der Waals surface area contributed by atoms with Crippen LogP contribution in [-0.4, -0.2) is 43.4 Å². The van der Waals surface area contributed by atoms with Crippen molar-refractivity contribution in [1.82, 2.24) is 10.2 Å². The first-order chi connectivity index (χ1) is 14.8. The Hall–Kier alpha value is -2.63. The molecule has 0 radical (unpaired) electrons. The zero-order valence-electron chi connectivity index (χ0n) is 16.8. The van der Waals surface area contributed by atoms with Crippen LogP contribution >= 0.6 is 23.1 Å². The van der Waals surface area contributed by atoms with Gasteiger partial charge in [-0.15, -0.1) is 10.2 Å². The number of hydrogen-bond acceptors (Lipinski definition) is 8. The second-order valence-electron chi connectivity index (χ2n) is 7.01. The van der Waals surface area contributed by atoms with E-state index >= 15 is 0 Å². The first-order valence-corrected chi connectivity index (χ1v) is 13.0. The van der Waals surface area contributed by atoms with Gasteiger partial charge in [0.25, 0.3) is 5.91 Å². The molecule has 1 N–H and O–H groups in total. The molecular weight excluding hydrogens is 456 g/mol. The number of benzene rings is 2. The number of fused-ring (bicyclic) bond motifs is 1. The predicted octanol–water partition coefficient (Wildman–Crippen LogP) is 3.30. The number of nitrogens with zero attached hydrogens (tertiary/aromatic N) is 3. The molecule has 8 nitrogen and oxygen atoms in total. The largest absolute Gasteiger partial charge is 0.476 e. The minimum Gasteiger partial charge on any atom is -0.476 e. The van der Waals surface area contributed by atoms with Gasteiger partial charge in [-0.1, -0.05) is 59.5 Å². The molecule has 0 fully saturated rings. The Bertz CT molecular complexity index is 1200. The van der Waals surface area contributed by atoms with Gasteiger partial charge in [0.1, 0.15) is 5.75 Å². The number of thioether (sulfide) groups is 1. The number of anilines is 2. The van der Waals surface area contributed by atoms with Crippen molar-refractivity contribution in [2.75, 3.05) is 22.4 Å². The molecule has 0 saturated heterocycles. The summed E-state index contributed by atoms with van der Waals surface area (Å²) in [5, 5.41) is 11.2. The maximum atomic E-state index is 12.8. The lowest BCUT2D eigenvalue weighted by Gasteiger charge is -2.33. The molecule has 3 aromatic rings. The van der Waals surface area contributed by atoms with Crippen LogP contribution < -0.4 is 14.4 Å². The molecule has 2 aromatic carbocycles. The van der Waals surface area contributed by atoms with Gasteiger partial charge < -0.3 is 4.74 Å². The molecular formula is C20H20N4O4S3. The Kier molecular flexibility index (Phi) is 6.17. The van der Waals surface area contributed by atoms with Gasteiger partial charge in [0, 0.05) is 5.75 Å². The molecule has 4 rings (SSSR count). The summed E-state index contributed by atoms with van der Waals surface area (Å²) in [7, 11) is -3.58. The van der Waals surface area contributed by atoms with Crippen molar-refractivity contribution in [1.29, 1.82) is 0 Å². The number of carbonyl (C=O) groups excluding carboxylic acids is 1. The summed E-state index contributed by atoms with van der Waals surface area (Å²) in [6.45, 7) is 1.75. The summed E-state index contributed by atoms with van der Waals surface area (Å²) < 4.78 is 32.3. The quantitative estimate of drug-likeness (QED) is 0.430. The monoisotopic (exact) mass is 476 g/mol. The fourth-order valence-electron chi connectivity index (χ4n) is 3.04. The highest BCUT2D eigenvalue weighted by molar-refractivity contribution is 8.00. The fraction of sp³-hybridized carbons (Fsp3) is 0.250.